The van der Waals surface area contributed by atoms with Crippen LogP contribution in [0.1, 0.15) is 21.7 Å². The molecule has 1 aliphatic rings. The fourth-order valence-corrected chi connectivity index (χ4v) is 3.04. The summed E-state index contributed by atoms with van der Waals surface area (Å²) in [6, 6.07) is 5.97. The van der Waals surface area contributed by atoms with Crippen molar-refractivity contribution in [3.63, 3.8) is 0 Å². The molecule has 1 aromatic heterocycles. The first-order valence-corrected chi connectivity index (χ1v) is 7.96. The van der Waals surface area contributed by atoms with Gasteiger partial charge in [-0.15, -0.1) is 0 Å². The van der Waals surface area contributed by atoms with Crippen molar-refractivity contribution in [3.05, 3.63) is 47.0 Å². The van der Waals surface area contributed by atoms with Crippen molar-refractivity contribution in [2.24, 2.45) is 5.92 Å². The first-order valence-electron chi connectivity index (χ1n) is 7.96. The summed E-state index contributed by atoms with van der Waals surface area (Å²) in [5.74, 6) is -0.513. The number of β-amino-alcohol motifs (C(OH)–C–C–N with tert-alkyl or cyclic N) is 1. The van der Waals surface area contributed by atoms with Crippen molar-refractivity contribution in [1.82, 2.24) is 20.4 Å². The van der Waals surface area contributed by atoms with Crippen molar-refractivity contribution in [2.45, 2.75) is 20.0 Å². The molecule has 2 aromatic rings. The number of amides is 1. The highest BCUT2D eigenvalue weighted by Gasteiger charge is 2.26. The van der Waals surface area contributed by atoms with Gasteiger partial charge in [-0.25, -0.2) is 9.07 Å². The molecule has 0 bridgehead atoms. The molecule has 0 spiro atoms. The van der Waals surface area contributed by atoms with Crippen molar-refractivity contribution >= 4 is 5.91 Å². The van der Waals surface area contributed by atoms with Crippen molar-refractivity contribution in [1.29, 1.82) is 0 Å². The first kappa shape index (κ1) is 16.6. The number of halogens is 1. The number of rotatable bonds is 4. The number of hydrogen-bond acceptors (Lipinski definition) is 4. The molecule has 1 fully saturated rings. The lowest BCUT2D eigenvalue weighted by Gasteiger charge is -2.14. The van der Waals surface area contributed by atoms with Gasteiger partial charge in [-0.05, 0) is 38.1 Å². The van der Waals surface area contributed by atoms with E-state index in [1.54, 1.807) is 23.7 Å². The smallest absolute Gasteiger partial charge is 0.255 e. The highest BCUT2D eigenvalue weighted by Crippen LogP contribution is 2.18. The Kier molecular flexibility index (Phi) is 4.64. The zero-order valence-corrected chi connectivity index (χ0v) is 13.7. The molecule has 3 N–H and O–H groups in total. The number of carbonyl (C=O) groups is 1. The SMILES string of the molecule is Cc1nn(-c2ccc(F)cc2)c(C)c1C(=O)NCC1CNCC1O. The summed E-state index contributed by atoms with van der Waals surface area (Å²) in [7, 11) is 0. The second kappa shape index (κ2) is 6.70. The van der Waals surface area contributed by atoms with Crippen LogP contribution in [-0.4, -0.2) is 46.5 Å². The maximum absolute atomic E-state index is 13.1. The van der Waals surface area contributed by atoms with Crippen LogP contribution in [0.15, 0.2) is 24.3 Å². The van der Waals surface area contributed by atoms with E-state index in [4.69, 9.17) is 0 Å². The van der Waals surface area contributed by atoms with Crippen LogP contribution in [0.4, 0.5) is 4.39 Å². The summed E-state index contributed by atoms with van der Waals surface area (Å²) < 4.78 is 14.7. The summed E-state index contributed by atoms with van der Waals surface area (Å²) in [6.07, 6.45) is -0.436. The average molecular weight is 332 g/mol. The van der Waals surface area contributed by atoms with E-state index < -0.39 is 6.10 Å². The van der Waals surface area contributed by atoms with Crippen LogP contribution < -0.4 is 10.6 Å². The topological polar surface area (TPSA) is 79.2 Å². The molecule has 1 aliphatic heterocycles. The van der Waals surface area contributed by atoms with E-state index in [1.807, 2.05) is 6.92 Å². The van der Waals surface area contributed by atoms with Crippen molar-refractivity contribution < 1.29 is 14.3 Å². The molecule has 2 atom stereocenters. The minimum Gasteiger partial charge on any atom is -0.391 e. The number of carbonyl (C=O) groups excluding carboxylic acids is 1. The van der Waals surface area contributed by atoms with Gasteiger partial charge in [-0.2, -0.15) is 5.10 Å². The number of aliphatic hydroxyl groups is 1. The van der Waals surface area contributed by atoms with Gasteiger partial charge in [-0.3, -0.25) is 4.79 Å². The number of nitrogens with zero attached hydrogens (tertiary/aromatic N) is 2. The van der Waals surface area contributed by atoms with Gasteiger partial charge in [0, 0.05) is 25.6 Å². The summed E-state index contributed by atoms with van der Waals surface area (Å²) in [4.78, 5) is 12.5. The van der Waals surface area contributed by atoms with Crippen molar-refractivity contribution in [2.75, 3.05) is 19.6 Å². The lowest BCUT2D eigenvalue weighted by atomic mass is 10.1. The third-order valence-corrected chi connectivity index (χ3v) is 4.42. The highest BCUT2D eigenvalue weighted by atomic mass is 19.1. The second-order valence-corrected chi connectivity index (χ2v) is 6.13. The largest absolute Gasteiger partial charge is 0.391 e. The quantitative estimate of drug-likeness (QED) is 0.778. The maximum Gasteiger partial charge on any atom is 0.255 e. The van der Waals surface area contributed by atoms with Crippen LogP contribution >= 0.6 is 0 Å². The Morgan fingerprint density at radius 2 is 2.08 bits per heavy atom. The third kappa shape index (κ3) is 3.18. The second-order valence-electron chi connectivity index (χ2n) is 6.13. The summed E-state index contributed by atoms with van der Waals surface area (Å²) in [5, 5.41) is 20.2. The summed E-state index contributed by atoms with van der Waals surface area (Å²) in [5.41, 5.74) is 2.52. The van der Waals surface area contributed by atoms with Gasteiger partial charge in [0.2, 0.25) is 0 Å². The van der Waals surface area contributed by atoms with E-state index in [1.165, 1.54) is 12.1 Å². The molecule has 0 aliphatic carbocycles. The molecule has 24 heavy (non-hydrogen) atoms. The number of aromatic nitrogens is 2. The van der Waals surface area contributed by atoms with Gasteiger partial charge >= 0.3 is 0 Å². The molecule has 1 aromatic carbocycles. The average Bonchev–Trinajstić information content (AvgIpc) is 3.09. The van der Waals surface area contributed by atoms with Gasteiger partial charge in [-0.1, -0.05) is 0 Å². The fraction of sp³-hybridized carbons (Fsp3) is 0.412. The predicted molar refractivity (Wildman–Crippen MR) is 87.7 cm³/mol. The maximum atomic E-state index is 13.1. The van der Waals surface area contributed by atoms with Gasteiger partial charge < -0.3 is 15.7 Å². The molecule has 2 unspecified atom stereocenters. The van der Waals surface area contributed by atoms with Crippen LogP contribution in [0.5, 0.6) is 0 Å². The van der Waals surface area contributed by atoms with E-state index >= 15 is 0 Å². The van der Waals surface area contributed by atoms with E-state index in [9.17, 15) is 14.3 Å². The zero-order valence-electron chi connectivity index (χ0n) is 13.7. The minimum atomic E-state index is -0.436. The Morgan fingerprint density at radius 3 is 2.71 bits per heavy atom. The molecule has 128 valence electrons. The molecule has 0 saturated carbocycles. The van der Waals surface area contributed by atoms with E-state index in [-0.39, 0.29) is 17.6 Å². The summed E-state index contributed by atoms with van der Waals surface area (Å²) in [6.45, 7) is 5.24. The Balaban J connectivity index is 1.78. The molecule has 0 radical (unpaired) electrons. The first-order chi connectivity index (χ1) is 11.5. The molecule has 1 amide bonds. The summed E-state index contributed by atoms with van der Waals surface area (Å²) >= 11 is 0. The number of nitrogens with one attached hydrogen (secondary N) is 2. The van der Waals surface area contributed by atoms with Gasteiger partial charge in [0.05, 0.1) is 28.7 Å². The normalized spacial score (nSPS) is 20.3. The molecule has 1 saturated heterocycles. The lowest BCUT2D eigenvalue weighted by Crippen LogP contribution is -2.34. The zero-order chi connectivity index (χ0) is 17.3. The molecule has 3 rings (SSSR count). The van der Waals surface area contributed by atoms with Crippen LogP contribution in [0.3, 0.4) is 0 Å². The molecule has 2 heterocycles. The Bertz CT molecular complexity index is 742. The van der Waals surface area contributed by atoms with Gasteiger partial charge in [0.1, 0.15) is 5.82 Å². The van der Waals surface area contributed by atoms with Crippen LogP contribution in [0, 0.1) is 25.6 Å². The standard InChI is InChI=1S/C17H21FN4O2/c1-10-16(17(24)20-8-12-7-19-9-15(12)23)11(2)22(21-10)14-5-3-13(18)4-6-14/h3-6,12,15,19,23H,7-9H2,1-2H3,(H,20,24). The Labute approximate surface area is 139 Å². The monoisotopic (exact) mass is 332 g/mol. The minimum absolute atomic E-state index is 0.0155. The van der Waals surface area contributed by atoms with E-state index in [2.05, 4.69) is 15.7 Å². The van der Waals surface area contributed by atoms with Crippen molar-refractivity contribution in [3.8, 4) is 5.69 Å². The Hall–Kier alpha value is -2.25. The Morgan fingerprint density at radius 1 is 1.38 bits per heavy atom. The molecule has 7 heteroatoms. The number of aryl methyl sites for hydroxylation is 1. The number of benzene rings is 1. The molecular weight excluding hydrogens is 311 g/mol. The van der Waals surface area contributed by atoms with E-state index in [0.29, 0.717) is 42.3 Å². The third-order valence-electron chi connectivity index (χ3n) is 4.42. The predicted octanol–water partition coefficient (Wildman–Crippen LogP) is 0.938. The van der Waals surface area contributed by atoms with Gasteiger partial charge in [0.15, 0.2) is 0 Å². The van der Waals surface area contributed by atoms with Crippen LogP contribution in [0.2, 0.25) is 0 Å². The van der Waals surface area contributed by atoms with Crippen LogP contribution in [-0.2, 0) is 0 Å². The van der Waals surface area contributed by atoms with Gasteiger partial charge in [0.25, 0.3) is 5.91 Å². The molecule has 6 nitrogen and oxygen atoms in total. The van der Waals surface area contributed by atoms with E-state index in [0.717, 1.165) is 0 Å². The number of hydrogen-bond donors (Lipinski definition) is 3. The number of aliphatic hydroxyl groups excluding tert-OH is 1. The highest BCUT2D eigenvalue weighted by molar-refractivity contribution is 5.96. The van der Waals surface area contributed by atoms with Crippen LogP contribution in [0.25, 0.3) is 5.69 Å². The lowest BCUT2D eigenvalue weighted by molar-refractivity contribution is 0.0926. The fourth-order valence-electron chi connectivity index (χ4n) is 3.04. The molecular formula is C17H21FN4O2.